The summed E-state index contributed by atoms with van der Waals surface area (Å²) in [6.07, 6.45) is 8.52. The van der Waals surface area contributed by atoms with E-state index in [9.17, 15) is 0 Å². The Bertz CT molecular complexity index is 512. The third kappa shape index (κ3) is 3.48. The lowest BCUT2D eigenvalue weighted by Crippen LogP contribution is -2.17. The zero-order valence-corrected chi connectivity index (χ0v) is 12.0. The van der Waals surface area contributed by atoms with Gasteiger partial charge in [-0.1, -0.05) is 43.2 Å². The summed E-state index contributed by atoms with van der Waals surface area (Å²) in [6, 6.07) is 13.4. The van der Waals surface area contributed by atoms with E-state index in [-0.39, 0.29) is 0 Å². The molecule has 2 aromatic rings. The molecule has 0 atom stereocenters. The van der Waals surface area contributed by atoms with E-state index < -0.39 is 0 Å². The molecule has 1 N–H and O–H groups in total. The molecule has 1 aromatic heterocycles. The third-order valence-corrected chi connectivity index (χ3v) is 4.10. The molecule has 0 aliphatic heterocycles. The molecule has 106 valence electrons. The minimum atomic E-state index is 0.646. The average molecular weight is 269 g/mol. The van der Waals surface area contributed by atoms with Gasteiger partial charge in [-0.25, -0.2) is 0 Å². The lowest BCUT2D eigenvalue weighted by molar-refractivity contribution is 0.461. The van der Waals surface area contributed by atoms with E-state index in [0.717, 1.165) is 25.2 Å². The first-order valence-electron chi connectivity index (χ1n) is 7.70. The van der Waals surface area contributed by atoms with E-state index in [2.05, 4.69) is 52.6 Å². The fourth-order valence-electron chi connectivity index (χ4n) is 2.94. The van der Waals surface area contributed by atoms with Crippen LogP contribution in [0.4, 0.5) is 0 Å². The van der Waals surface area contributed by atoms with Crippen LogP contribution in [0.15, 0.2) is 42.6 Å². The summed E-state index contributed by atoms with van der Waals surface area (Å²) in [6.45, 7) is 1.87. The van der Waals surface area contributed by atoms with Crippen LogP contribution in [0.1, 0.15) is 43.0 Å². The van der Waals surface area contributed by atoms with Gasteiger partial charge in [0.25, 0.3) is 0 Å². The lowest BCUT2D eigenvalue weighted by Gasteiger charge is -2.09. The number of nitrogens with one attached hydrogen (secondary N) is 1. The number of aromatic nitrogens is 2. The zero-order valence-electron chi connectivity index (χ0n) is 12.0. The fraction of sp³-hybridized carbons (Fsp3) is 0.471. The van der Waals surface area contributed by atoms with Gasteiger partial charge < -0.3 is 5.32 Å². The molecule has 20 heavy (non-hydrogen) atoms. The van der Waals surface area contributed by atoms with Gasteiger partial charge in [0.2, 0.25) is 0 Å². The Hall–Kier alpha value is -1.61. The van der Waals surface area contributed by atoms with Crippen LogP contribution in [0.2, 0.25) is 0 Å². The Morgan fingerprint density at radius 1 is 1.10 bits per heavy atom. The van der Waals surface area contributed by atoms with Crippen molar-refractivity contribution in [1.82, 2.24) is 15.1 Å². The Morgan fingerprint density at radius 2 is 1.90 bits per heavy atom. The molecule has 1 heterocycles. The van der Waals surface area contributed by atoms with Crippen LogP contribution in [-0.4, -0.2) is 16.3 Å². The summed E-state index contributed by atoms with van der Waals surface area (Å²) in [5.74, 6) is 0. The molecule has 0 radical (unpaired) electrons. The molecule has 1 saturated carbocycles. The summed E-state index contributed by atoms with van der Waals surface area (Å²) in [5.41, 5.74) is 2.54. The Balaban J connectivity index is 1.42. The SMILES string of the molecule is c1ccc(CCNCc2ccn(C3CCCC3)n2)cc1. The summed E-state index contributed by atoms with van der Waals surface area (Å²) in [7, 11) is 0. The summed E-state index contributed by atoms with van der Waals surface area (Å²) < 4.78 is 2.17. The second kappa shape index (κ2) is 6.71. The topological polar surface area (TPSA) is 29.9 Å². The van der Waals surface area contributed by atoms with E-state index in [4.69, 9.17) is 5.10 Å². The van der Waals surface area contributed by atoms with E-state index in [1.165, 1.54) is 31.2 Å². The monoisotopic (exact) mass is 269 g/mol. The van der Waals surface area contributed by atoms with Crippen LogP contribution in [0, 0.1) is 0 Å². The van der Waals surface area contributed by atoms with Crippen molar-refractivity contribution in [3.63, 3.8) is 0 Å². The Morgan fingerprint density at radius 3 is 2.70 bits per heavy atom. The molecule has 1 aliphatic carbocycles. The molecule has 3 heteroatoms. The normalized spacial score (nSPS) is 15.8. The van der Waals surface area contributed by atoms with Crippen molar-refractivity contribution in [3.8, 4) is 0 Å². The van der Waals surface area contributed by atoms with Gasteiger partial charge in [0.1, 0.15) is 0 Å². The van der Waals surface area contributed by atoms with Crippen molar-refractivity contribution in [2.24, 2.45) is 0 Å². The molecule has 1 fully saturated rings. The van der Waals surface area contributed by atoms with E-state index in [1.807, 2.05) is 0 Å². The average Bonchev–Trinajstić information content (AvgIpc) is 3.15. The molecule has 1 aliphatic rings. The number of nitrogens with zero attached hydrogens (tertiary/aromatic N) is 2. The molecule has 0 bridgehead atoms. The first-order chi connectivity index (χ1) is 9.92. The predicted molar refractivity (Wildman–Crippen MR) is 81.6 cm³/mol. The second-order valence-corrected chi connectivity index (χ2v) is 5.64. The van der Waals surface area contributed by atoms with Gasteiger partial charge in [-0.3, -0.25) is 4.68 Å². The maximum atomic E-state index is 4.69. The number of benzene rings is 1. The maximum Gasteiger partial charge on any atom is 0.0762 e. The number of hydrogen-bond donors (Lipinski definition) is 1. The molecule has 3 rings (SSSR count). The van der Waals surface area contributed by atoms with Crippen LogP contribution < -0.4 is 5.32 Å². The molecule has 1 aromatic carbocycles. The molecule has 0 spiro atoms. The quantitative estimate of drug-likeness (QED) is 0.815. The molecule has 0 amide bonds. The summed E-state index contributed by atoms with van der Waals surface area (Å²) >= 11 is 0. The predicted octanol–water partition coefficient (Wildman–Crippen LogP) is 3.33. The highest BCUT2D eigenvalue weighted by Crippen LogP contribution is 2.28. The minimum Gasteiger partial charge on any atom is -0.311 e. The Kier molecular flexibility index (Phi) is 4.49. The summed E-state index contributed by atoms with van der Waals surface area (Å²) in [4.78, 5) is 0. The lowest BCUT2D eigenvalue weighted by atomic mass is 10.1. The molecule has 3 nitrogen and oxygen atoms in total. The highest BCUT2D eigenvalue weighted by atomic mass is 15.3. The van der Waals surface area contributed by atoms with Gasteiger partial charge in [-0.2, -0.15) is 5.10 Å². The highest BCUT2D eigenvalue weighted by Gasteiger charge is 2.17. The number of hydrogen-bond acceptors (Lipinski definition) is 2. The van der Waals surface area contributed by atoms with Crippen molar-refractivity contribution in [2.45, 2.75) is 44.7 Å². The fourth-order valence-corrected chi connectivity index (χ4v) is 2.94. The van der Waals surface area contributed by atoms with Crippen LogP contribution in [-0.2, 0) is 13.0 Å². The van der Waals surface area contributed by atoms with Crippen molar-refractivity contribution in [1.29, 1.82) is 0 Å². The first kappa shape index (κ1) is 13.4. The van der Waals surface area contributed by atoms with E-state index >= 15 is 0 Å². The van der Waals surface area contributed by atoms with E-state index in [1.54, 1.807) is 0 Å². The largest absolute Gasteiger partial charge is 0.311 e. The van der Waals surface area contributed by atoms with Gasteiger partial charge >= 0.3 is 0 Å². The smallest absolute Gasteiger partial charge is 0.0762 e. The third-order valence-electron chi connectivity index (χ3n) is 4.10. The van der Waals surface area contributed by atoms with Gasteiger partial charge in [0, 0.05) is 12.7 Å². The van der Waals surface area contributed by atoms with Crippen molar-refractivity contribution in [2.75, 3.05) is 6.54 Å². The maximum absolute atomic E-state index is 4.69. The van der Waals surface area contributed by atoms with Gasteiger partial charge in [0.15, 0.2) is 0 Å². The van der Waals surface area contributed by atoms with E-state index in [0.29, 0.717) is 6.04 Å². The van der Waals surface area contributed by atoms with Crippen molar-refractivity contribution < 1.29 is 0 Å². The molecular formula is C17H23N3. The van der Waals surface area contributed by atoms with Crippen LogP contribution in [0.5, 0.6) is 0 Å². The van der Waals surface area contributed by atoms with Crippen molar-refractivity contribution in [3.05, 3.63) is 53.9 Å². The molecule has 0 unspecified atom stereocenters. The highest BCUT2D eigenvalue weighted by molar-refractivity contribution is 5.14. The number of rotatable bonds is 6. The molecule has 0 saturated heterocycles. The molecular weight excluding hydrogens is 246 g/mol. The van der Waals surface area contributed by atoms with Crippen LogP contribution >= 0.6 is 0 Å². The minimum absolute atomic E-state index is 0.646. The van der Waals surface area contributed by atoms with Crippen molar-refractivity contribution >= 4 is 0 Å². The van der Waals surface area contributed by atoms with Crippen LogP contribution in [0.3, 0.4) is 0 Å². The standard InChI is InChI=1S/C17H23N3/c1-2-6-15(7-3-1)10-12-18-14-16-11-13-20(19-16)17-8-4-5-9-17/h1-3,6-7,11,13,17-18H,4-5,8-10,12,14H2. The second-order valence-electron chi connectivity index (χ2n) is 5.64. The van der Waals surface area contributed by atoms with Gasteiger partial charge in [-0.05, 0) is 37.4 Å². The summed E-state index contributed by atoms with van der Waals surface area (Å²) in [5, 5.41) is 8.17. The van der Waals surface area contributed by atoms with Gasteiger partial charge in [-0.15, -0.1) is 0 Å². The van der Waals surface area contributed by atoms with Gasteiger partial charge in [0.05, 0.1) is 11.7 Å². The Labute approximate surface area is 121 Å². The van der Waals surface area contributed by atoms with Crippen LogP contribution in [0.25, 0.3) is 0 Å². The first-order valence-corrected chi connectivity index (χ1v) is 7.70. The zero-order chi connectivity index (χ0) is 13.6.